The van der Waals surface area contributed by atoms with Crippen LogP contribution < -0.4 is 10.2 Å². The van der Waals surface area contributed by atoms with Crippen LogP contribution in [0.2, 0.25) is 0 Å². The predicted molar refractivity (Wildman–Crippen MR) is 77.7 cm³/mol. The SMILES string of the molecule is CCN(CCOC)c1nc2ccccn2c1CNC. The van der Waals surface area contributed by atoms with Crippen molar-refractivity contribution in [3.63, 3.8) is 0 Å². The molecule has 2 heterocycles. The normalized spacial score (nSPS) is 11.1. The number of aromatic nitrogens is 2. The molecule has 0 aromatic carbocycles. The second-order valence-corrected chi connectivity index (χ2v) is 4.41. The number of imidazole rings is 1. The third-order valence-corrected chi connectivity index (χ3v) is 3.20. The van der Waals surface area contributed by atoms with Crippen molar-refractivity contribution in [2.75, 3.05) is 38.8 Å². The van der Waals surface area contributed by atoms with Gasteiger partial charge in [0.05, 0.1) is 12.3 Å². The summed E-state index contributed by atoms with van der Waals surface area (Å²) < 4.78 is 7.32. The minimum atomic E-state index is 0.709. The molecule has 0 bridgehead atoms. The summed E-state index contributed by atoms with van der Waals surface area (Å²) in [4.78, 5) is 7.00. The highest BCUT2D eigenvalue weighted by molar-refractivity contribution is 5.56. The highest BCUT2D eigenvalue weighted by Gasteiger charge is 2.16. The van der Waals surface area contributed by atoms with Gasteiger partial charge in [0.2, 0.25) is 0 Å². The lowest BCUT2D eigenvalue weighted by molar-refractivity contribution is 0.205. The van der Waals surface area contributed by atoms with Crippen LogP contribution in [-0.4, -0.2) is 43.2 Å². The second kappa shape index (κ2) is 6.54. The van der Waals surface area contributed by atoms with E-state index in [1.165, 1.54) is 5.69 Å². The molecule has 0 saturated carbocycles. The van der Waals surface area contributed by atoms with E-state index in [9.17, 15) is 0 Å². The van der Waals surface area contributed by atoms with Gasteiger partial charge in [0.1, 0.15) is 5.65 Å². The van der Waals surface area contributed by atoms with Gasteiger partial charge in [-0.2, -0.15) is 0 Å². The average Bonchev–Trinajstić information content (AvgIpc) is 2.79. The fraction of sp³-hybridized carbons (Fsp3) is 0.500. The van der Waals surface area contributed by atoms with E-state index in [0.717, 1.165) is 31.1 Å². The zero-order valence-corrected chi connectivity index (χ0v) is 11.9. The van der Waals surface area contributed by atoms with E-state index in [1.807, 2.05) is 25.2 Å². The average molecular weight is 262 g/mol. The highest BCUT2D eigenvalue weighted by atomic mass is 16.5. The molecule has 0 atom stereocenters. The van der Waals surface area contributed by atoms with Crippen LogP contribution in [-0.2, 0) is 11.3 Å². The Morgan fingerprint density at radius 1 is 1.42 bits per heavy atom. The number of likely N-dealkylation sites (N-methyl/N-ethyl adjacent to an activating group) is 1. The van der Waals surface area contributed by atoms with Gasteiger partial charge in [-0.15, -0.1) is 0 Å². The monoisotopic (exact) mass is 262 g/mol. The van der Waals surface area contributed by atoms with Gasteiger partial charge in [-0.05, 0) is 26.1 Å². The van der Waals surface area contributed by atoms with E-state index in [4.69, 9.17) is 9.72 Å². The number of pyridine rings is 1. The Hall–Kier alpha value is -1.59. The van der Waals surface area contributed by atoms with Crippen LogP contribution in [0.3, 0.4) is 0 Å². The molecule has 2 aromatic rings. The molecule has 0 unspecified atom stereocenters. The smallest absolute Gasteiger partial charge is 0.152 e. The van der Waals surface area contributed by atoms with Crippen LogP contribution in [0.15, 0.2) is 24.4 Å². The van der Waals surface area contributed by atoms with Gasteiger partial charge in [-0.3, -0.25) is 0 Å². The molecule has 0 aliphatic heterocycles. The maximum atomic E-state index is 5.18. The molecule has 104 valence electrons. The topological polar surface area (TPSA) is 41.8 Å². The fourth-order valence-corrected chi connectivity index (χ4v) is 2.23. The minimum Gasteiger partial charge on any atom is -0.383 e. The van der Waals surface area contributed by atoms with Gasteiger partial charge >= 0.3 is 0 Å². The van der Waals surface area contributed by atoms with Gasteiger partial charge in [0, 0.05) is 32.9 Å². The Morgan fingerprint density at radius 2 is 2.26 bits per heavy atom. The molecule has 1 N–H and O–H groups in total. The Bertz CT molecular complexity index is 523. The second-order valence-electron chi connectivity index (χ2n) is 4.41. The number of nitrogens with one attached hydrogen (secondary N) is 1. The summed E-state index contributed by atoms with van der Waals surface area (Å²) in [5, 5.41) is 3.22. The number of fused-ring (bicyclic) bond motifs is 1. The number of nitrogens with zero attached hydrogens (tertiary/aromatic N) is 3. The van der Waals surface area contributed by atoms with E-state index >= 15 is 0 Å². The van der Waals surface area contributed by atoms with E-state index in [1.54, 1.807) is 7.11 Å². The van der Waals surface area contributed by atoms with Crippen molar-refractivity contribution in [3.05, 3.63) is 30.1 Å². The van der Waals surface area contributed by atoms with E-state index in [-0.39, 0.29) is 0 Å². The first-order chi connectivity index (χ1) is 9.31. The molecule has 5 nitrogen and oxygen atoms in total. The van der Waals surface area contributed by atoms with Crippen LogP contribution in [0.25, 0.3) is 5.65 Å². The standard InChI is InChI=1S/C14H22N4O/c1-4-17(9-10-19-3)14-12(11-15-2)18-8-6-5-7-13(18)16-14/h5-8,15H,4,9-11H2,1-3H3. The van der Waals surface area contributed by atoms with Crippen molar-refractivity contribution in [1.82, 2.24) is 14.7 Å². The number of ether oxygens (including phenoxy) is 1. The summed E-state index contributed by atoms with van der Waals surface area (Å²) in [5.41, 5.74) is 2.18. The zero-order chi connectivity index (χ0) is 13.7. The summed E-state index contributed by atoms with van der Waals surface area (Å²) in [6.45, 7) is 5.42. The number of anilines is 1. The molecule has 0 spiro atoms. The summed E-state index contributed by atoms with van der Waals surface area (Å²) in [6.07, 6.45) is 2.06. The van der Waals surface area contributed by atoms with Crippen molar-refractivity contribution in [3.8, 4) is 0 Å². The molecule has 2 aromatic heterocycles. The van der Waals surface area contributed by atoms with Crippen LogP contribution in [0.4, 0.5) is 5.82 Å². The van der Waals surface area contributed by atoms with Crippen LogP contribution in [0.5, 0.6) is 0 Å². The maximum Gasteiger partial charge on any atom is 0.152 e. The third-order valence-electron chi connectivity index (χ3n) is 3.20. The largest absolute Gasteiger partial charge is 0.383 e. The van der Waals surface area contributed by atoms with Gasteiger partial charge < -0.3 is 19.4 Å². The highest BCUT2D eigenvalue weighted by Crippen LogP contribution is 2.21. The van der Waals surface area contributed by atoms with Crippen molar-refractivity contribution >= 4 is 11.5 Å². The summed E-state index contributed by atoms with van der Waals surface area (Å²) >= 11 is 0. The van der Waals surface area contributed by atoms with Crippen LogP contribution in [0, 0.1) is 0 Å². The van der Waals surface area contributed by atoms with Crippen molar-refractivity contribution < 1.29 is 4.74 Å². The van der Waals surface area contributed by atoms with E-state index in [0.29, 0.717) is 6.61 Å². The number of hydrogen-bond acceptors (Lipinski definition) is 4. The summed E-state index contributed by atoms with van der Waals surface area (Å²) in [5.74, 6) is 1.04. The van der Waals surface area contributed by atoms with E-state index in [2.05, 4.69) is 27.7 Å². The molecule has 0 saturated heterocycles. The van der Waals surface area contributed by atoms with Crippen molar-refractivity contribution in [2.24, 2.45) is 0 Å². The molecule has 0 radical (unpaired) electrons. The minimum absolute atomic E-state index is 0.709. The van der Waals surface area contributed by atoms with E-state index < -0.39 is 0 Å². The Kier molecular flexibility index (Phi) is 4.76. The van der Waals surface area contributed by atoms with Crippen LogP contribution >= 0.6 is 0 Å². The number of methoxy groups -OCH3 is 1. The Balaban J connectivity index is 2.41. The van der Waals surface area contributed by atoms with Gasteiger partial charge in [-0.1, -0.05) is 6.07 Å². The molecule has 0 fully saturated rings. The maximum absolute atomic E-state index is 5.18. The van der Waals surface area contributed by atoms with Crippen molar-refractivity contribution in [2.45, 2.75) is 13.5 Å². The number of hydrogen-bond donors (Lipinski definition) is 1. The third kappa shape index (κ3) is 2.88. The van der Waals surface area contributed by atoms with Crippen LogP contribution in [0.1, 0.15) is 12.6 Å². The first kappa shape index (κ1) is 13.8. The molecule has 2 rings (SSSR count). The molecular weight excluding hydrogens is 240 g/mol. The van der Waals surface area contributed by atoms with Gasteiger partial charge in [0.25, 0.3) is 0 Å². The fourth-order valence-electron chi connectivity index (χ4n) is 2.23. The molecular formula is C14H22N4O. The molecule has 0 aliphatic rings. The Labute approximate surface area is 114 Å². The van der Waals surface area contributed by atoms with Gasteiger partial charge in [-0.25, -0.2) is 4.98 Å². The van der Waals surface area contributed by atoms with Crippen molar-refractivity contribution in [1.29, 1.82) is 0 Å². The lowest BCUT2D eigenvalue weighted by atomic mass is 10.3. The first-order valence-corrected chi connectivity index (χ1v) is 6.66. The summed E-state index contributed by atoms with van der Waals surface area (Å²) in [6, 6.07) is 6.08. The first-order valence-electron chi connectivity index (χ1n) is 6.66. The molecule has 5 heteroatoms. The Morgan fingerprint density at radius 3 is 2.95 bits per heavy atom. The summed E-state index contributed by atoms with van der Waals surface area (Å²) in [7, 11) is 3.68. The number of rotatable bonds is 7. The van der Waals surface area contributed by atoms with Gasteiger partial charge in [0.15, 0.2) is 5.82 Å². The molecule has 19 heavy (non-hydrogen) atoms. The molecule has 0 aliphatic carbocycles. The molecule has 0 amide bonds. The lowest BCUT2D eigenvalue weighted by Gasteiger charge is -2.21. The predicted octanol–water partition coefficient (Wildman–Crippen LogP) is 1.53. The lowest BCUT2D eigenvalue weighted by Crippen LogP contribution is -2.28. The zero-order valence-electron chi connectivity index (χ0n) is 11.9. The quantitative estimate of drug-likeness (QED) is 0.821.